The van der Waals surface area contributed by atoms with Crippen LogP contribution in [0.5, 0.6) is 0 Å². The summed E-state index contributed by atoms with van der Waals surface area (Å²) in [5.74, 6) is 0. The first-order valence-corrected chi connectivity index (χ1v) is 16.6. The SMILES string of the molecule is c1ccc(CN(CCN(CCc2ccccn2)CCc2ccccn2)CCN(CCc2ccccn2)CCc2ccccn2)cc1. The molecule has 0 aliphatic carbocycles. The molecule has 7 heteroatoms. The van der Waals surface area contributed by atoms with Gasteiger partial charge in [-0.25, -0.2) is 0 Å². The van der Waals surface area contributed by atoms with Crippen LogP contribution in [0.1, 0.15) is 28.3 Å². The quantitative estimate of drug-likeness (QED) is 0.113. The van der Waals surface area contributed by atoms with E-state index in [1.165, 1.54) is 5.56 Å². The lowest BCUT2D eigenvalue weighted by Crippen LogP contribution is -2.41. The summed E-state index contributed by atoms with van der Waals surface area (Å²) in [6.07, 6.45) is 11.3. The van der Waals surface area contributed by atoms with Crippen molar-refractivity contribution in [2.24, 2.45) is 0 Å². The minimum Gasteiger partial charge on any atom is -0.301 e. The Balaban J connectivity index is 1.24. The Morgan fingerprint density at radius 2 is 0.652 bits per heavy atom. The number of nitrogens with zero attached hydrogens (tertiary/aromatic N) is 7. The second-order valence-corrected chi connectivity index (χ2v) is 11.7. The lowest BCUT2D eigenvalue weighted by atomic mass is 10.2. The molecule has 0 spiro atoms. The van der Waals surface area contributed by atoms with Crippen LogP contribution in [0.3, 0.4) is 0 Å². The van der Waals surface area contributed by atoms with E-state index in [0.29, 0.717) is 0 Å². The zero-order valence-corrected chi connectivity index (χ0v) is 26.9. The molecule has 0 atom stereocenters. The van der Waals surface area contributed by atoms with Crippen molar-refractivity contribution in [3.8, 4) is 0 Å². The first-order chi connectivity index (χ1) is 22.8. The fraction of sp³-hybridized carbons (Fsp3) is 0.333. The fourth-order valence-corrected chi connectivity index (χ4v) is 5.62. The third-order valence-corrected chi connectivity index (χ3v) is 8.36. The number of pyridine rings is 4. The van der Waals surface area contributed by atoms with E-state index in [0.717, 1.165) is 107 Å². The number of benzene rings is 1. The molecule has 46 heavy (non-hydrogen) atoms. The predicted octanol–water partition coefficient (Wildman–Crippen LogP) is 5.64. The van der Waals surface area contributed by atoms with Crippen LogP contribution in [-0.2, 0) is 32.2 Å². The molecule has 0 aliphatic heterocycles. The standard InChI is InChI=1S/C39H47N7/c1-2-12-35(13-3-1)34-46(32-30-44(26-18-36-14-4-8-22-40-36)27-19-37-15-5-9-23-41-37)33-31-45(28-20-38-16-6-10-24-42-38)29-21-39-17-7-11-25-43-39/h1-17,22-25H,18-21,26-34H2. The Hall–Kier alpha value is -4.30. The summed E-state index contributed by atoms with van der Waals surface area (Å²) >= 11 is 0. The summed E-state index contributed by atoms with van der Waals surface area (Å²) in [5.41, 5.74) is 5.92. The topological polar surface area (TPSA) is 61.3 Å². The van der Waals surface area contributed by atoms with E-state index in [2.05, 4.69) is 113 Å². The molecule has 5 aromatic rings. The van der Waals surface area contributed by atoms with Crippen LogP contribution in [0.2, 0.25) is 0 Å². The Labute approximate surface area is 275 Å². The zero-order valence-electron chi connectivity index (χ0n) is 26.9. The molecule has 7 nitrogen and oxygen atoms in total. The molecule has 0 radical (unpaired) electrons. The molecule has 0 N–H and O–H groups in total. The average Bonchev–Trinajstić information content (AvgIpc) is 3.13. The fourth-order valence-electron chi connectivity index (χ4n) is 5.62. The van der Waals surface area contributed by atoms with Crippen molar-refractivity contribution in [3.05, 3.63) is 156 Å². The van der Waals surface area contributed by atoms with E-state index < -0.39 is 0 Å². The minimum absolute atomic E-state index is 0.934. The van der Waals surface area contributed by atoms with Gasteiger partial charge in [-0.05, 0) is 54.1 Å². The normalized spacial score (nSPS) is 11.5. The van der Waals surface area contributed by atoms with Crippen LogP contribution in [0.15, 0.2) is 128 Å². The molecule has 0 saturated heterocycles. The first kappa shape index (κ1) is 33.1. The second-order valence-electron chi connectivity index (χ2n) is 11.7. The number of rotatable bonds is 20. The van der Waals surface area contributed by atoms with Crippen molar-refractivity contribution in [1.82, 2.24) is 34.6 Å². The van der Waals surface area contributed by atoms with Gasteiger partial charge < -0.3 is 9.80 Å². The Kier molecular flexibility index (Phi) is 13.9. The van der Waals surface area contributed by atoms with Gasteiger partial charge in [-0.2, -0.15) is 0 Å². The van der Waals surface area contributed by atoms with Gasteiger partial charge in [-0.15, -0.1) is 0 Å². The van der Waals surface area contributed by atoms with Gasteiger partial charge in [0.2, 0.25) is 0 Å². The van der Waals surface area contributed by atoms with Gasteiger partial charge in [0, 0.05) is 132 Å². The van der Waals surface area contributed by atoms with E-state index in [-0.39, 0.29) is 0 Å². The van der Waals surface area contributed by atoms with Crippen molar-refractivity contribution in [2.75, 3.05) is 52.4 Å². The lowest BCUT2D eigenvalue weighted by molar-refractivity contribution is 0.171. The third-order valence-electron chi connectivity index (χ3n) is 8.36. The van der Waals surface area contributed by atoms with Crippen molar-refractivity contribution >= 4 is 0 Å². The summed E-state index contributed by atoms with van der Waals surface area (Å²) in [6.45, 7) is 8.81. The first-order valence-electron chi connectivity index (χ1n) is 16.6. The van der Waals surface area contributed by atoms with E-state index in [1.54, 1.807) is 0 Å². The zero-order chi connectivity index (χ0) is 31.5. The Morgan fingerprint density at radius 3 is 0.978 bits per heavy atom. The second kappa shape index (κ2) is 19.3. The lowest BCUT2D eigenvalue weighted by Gasteiger charge is -2.30. The smallest absolute Gasteiger partial charge is 0.0416 e. The molecule has 238 valence electrons. The number of aromatic nitrogens is 4. The molecule has 4 heterocycles. The minimum atomic E-state index is 0.934. The molecule has 0 aliphatic rings. The Bertz CT molecular complexity index is 1290. The van der Waals surface area contributed by atoms with Crippen molar-refractivity contribution in [2.45, 2.75) is 32.2 Å². The van der Waals surface area contributed by atoms with Crippen LogP contribution in [-0.4, -0.2) is 87.0 Å². The highest BCUT2D eigenvalue weighted by Gasteiger charge is 2.14. The summed E-state index contributed by atoms with van der Waals surface area (Å²) in [4.78, 5) is 26.1. The van der Waals surface area contributed by atoms with Gasteiger partial charge in [0.1, 0.15) is 0 Å². The maximum absolute atomic E-state index is 4.58. The van der Waals surface area contributed by atoms with Crippen LogP contribution in [0.25, 0.3) is 0 Å². The van der Waals surface area contributed by atoms with Crippen molar-refractivity contribution < 1.29 is 0 Å². The maximum atomic E-state index is 4.58. The largest absolute Gasteiger partial charge is 0.301 e. The predicted molar refractivity (Wildman–Crippen MR) is 186 cm³/mol. The summed E-state index contributed by atoms with van der Waals surface area (Å²) in [6, 6.07) is 35.6. The number of hydrogen-bond donors (Lipinski definition) is 0. The molecule has 0 bridgehead atoms. The van der Waals surface area contributed by atoms with Gasteiger partial charge in [0.25, 0.3) is 0 Å². The van der Waals surface area contributed by atoms with Gasteiger partial charge in [0.05, 0.1) is 0 Å². The molecule has 4 aromatic heterocycles. The van der Waals surface area contributed by atoms with Crippen LogP contribution < -0.4 is 0 Å². The average molecular weight is 614 g/mol. The molecule has 0 saturated carbocycles. The summed E-state index contributed by atoms with van der Waals surface area (Å²) in [7, 11) is 0. The highest BCUT2D eigenvalue weighted by molar-refractivity contribution is 5.14. The van der Waals surface area contributed by atoms with Crippen LogP contribution >= 0.6 is 0 Å². The van der Waals surface area contributed by atoms with E-state index in [4.69, 9.17) is 0 Å². The highest BCUT2D eigenvalue weighted by Crippen LogP contribution is 2.09. The summed E-state index contributed by atoms with van der Waals surface area (Å²) < 4.78 is 0. The third kappa shape index (κ3) is 12.2. The maximum Gasteiger partial charge on any atom is 0.0416 e. The van der Waals surface area contributed by atoms with Gasteiger partial charge in [0.15, 0.2) is 0 Å². The van der Waals surface area contributed by atoms with E-state index in [9.17, 15) is 0 Å². The Morgan fingerprint density at radius 1 is 0.326 bits per heavy atom. The van der Waals surface area contributed by atoms with Gasteiger partial charge in [-0.1, -0.05) is 54.6 Å². The summed E-state index contributed by atoms with van der Waals surface area (Å²) in [5, 5.41) is 0. The molecule has 0 fully saturated rings. The van der Waals surface area contributed by atoms with E-state index in [1.807, 2.05) is 49.1 Å². The van der Waals surface area contributed by atoms with Crippen molar-refractivity contribution in [3.63, 3.8) is 0 Å². The number of hydrogen-bond acceptors (Lipinski definition) is 7. The van der Waals surface area contributed by atoms with Crippen molar-refractivity contribution in [1.29, 1.82) is 0 Å². The molecule has 0 unspecified atom stereocenters. The molecule has 0 amide bonds. The monoisotopic (exact) mass is 613 g/mol. The van der Waals surface area contributed by atoms with E-state index >= 15 is 0 Å². The van der Waals surface area contributed by atoms with Crippen LogP contribution in [0.4, 0.5) is 0 Å². The highest BCUT2D eigenvalue weighted by atomic mass is 15.2. The van der Waals surface area contributed by atoms with Gasteiger partial charge >= 0.3 is 0 Å². The molecular formula is C39H47N7. The molecule has 5 rings (SSSR count). The molecular weight excluding hydrogens is 566 g/mol. The molecule has 1 aromatic carbocycles. The van der Waals surface area contributed by atoms with Crippen LogP contribution in [0, 0.1) is 0 Å². The van der Waals surface area contributed by atoms with Gasteiger partial charge in [-0.3, -0.25) is 24.8 Å².